The van der Waals surface area contributed by atoms with Crippen molar-refractivity contribution in [2.75, 3.05) is 0 Å². The molecule has 2 nitrogen and oxygen atoms in total. The molecule has 0 amide bonds. The quantitative estimate of drug-likeness (QED) is 0.862. The van der Waals surface area contributed by atoms with Gasteiger partial charge in [-0.1, -0.05) is 44.2 Å². The van der Waals surface area contributed by atoms with E-state index in [-0.39, 0.29) is 5.54 Å². The molecule has 0 spiro atoms. The fourth-order valence-corrected chi connectivity index (χ4v) is 2.70. The molecule has 90 valence electrons. The molecule has 0 radical (unpaired) electrons. The van der Waals surface area contributed by atoms with Crippen molar-refractivity contribution in [3.05, 3.63) is 35.9 Å². The van der Waals surface area contributed by atoms with Gasteiger partial charge in [-0.05, 0) is 30.2 Å². The van der Waals surface area contributed by atoms with Gasteiger partial charge in [0.2, 0.25) is 0 Å². The van der Waals surface area contributed by atoms with Crippen molar-refractivity contribution >= 4 is 0 Å². The van der Waals surface area contributed by atoms with Crippen LogP contribution in [0.5, 0.6) is 0 Å². The molecule has 1 atom stereocenters. The Morgan fingerprint density at radius 3 is 2.47 bits per heavy atom. The maximum Gasteiger partial charge on any atom is 0.107 e. The molecule has 17 heavy (non-hydrogen) atoms. The molecule has 1 fully saturated rings. The highest BCUT2D eigenvalue weighted by molar-refractivity contribution is 5.18. The molecule has 1 aliphatic carbocycles. The first-order chi connectivity index (χ1) is 8.05. The molecule has 1 saturated carbocycles. The Labute approximate surface area is 104 Å². The lowest BCUT2D eigenvalue weighted by molar-refractivity contribution is 0.333. The van der Waals surface area contributed by atoms with E-state index >= 15 is 0 Å². The lowest BCUT2D eigenvalue weighted by Crippen LogP contribution is -2.41. The second kappa shape index (κ2) is 4.50. The molecule has 0 saturated heterocycles. The Hall–Kier alpha value is -1.33. The van der Waals surface area contributed by atoms with Crippen LogP contribution in [0.25, 0.3) is 0 Å². The van der Waals surface area contributed by atoms with Gasteiger partial charge in [-0.15, -0.1) is 0 Å². The van der Waals surface area contributed by atoms with Crippen molar-refractivity contribution in [1.82, 2.24) is 5.32 Å². The molecule has 0 bridgehead atoms. The maximum atomic E-state index is 9.41. The molecule has 1 unspecified atom stereocenters. The van der Waals surface area contributed by atoms with Gasteiger partial charge in [0.25, 0.3) is 0 Å². The molecular weight excluding hydrogens is 208 g/mol. The molecular formula is C15H20N2. The number of rotatable bonds is 3. The highest BCUT2D eigenvalue weighted by Gasteiger charge is 2.43. The predicted octanol–water partition coefficient (Wildman–Crippen LogP) is 3.25. The third-order valence-corrected chi connectivity index (χ3v) is 3.70. The number of benzene rings is 1. The van der Waals surface area contributed by atoms with Crippen molar-refractivity contribution in [3.8, 4) is 6.07 Å². The smallest absolute Gasteiger partial charge is 0.107 e. The van der Waals surface area contributed by atoms with Gasteiger partial charge in [0.15, 0.2) is 0 Å². The molecule has 1 aliphatic rings. The normalized spacial score (nSPS) is 26.6. The summed E-state index contributed by atoms with van der Waals surface area (Å²) in [7, 11) is 0. The van der Waals surface area contributed by atoms with E-state index in [0.29, 0.717) is 5.41 Å². The first-order valence-corrected chi connectivity index (χ1v) is 6.26. The fourth-order valence-electron chi connectivity index (χ4n) is 2.70. The SMILES string of the molecule is CC1(C)CCC(C#N)(NCc2ccccc2)C1. The lowest BCUT2D eigenvalue weighted by atomic mass is 9.88. The minimum Gasteiger partial charge on any atom is -0.295 e. The van der Waals surface area contributed by atoms with E-state index in [0.717, 1.165) is 25.8 Å². The molecule has 0 aliphatic heterocycles. The minimum absolute atomic E-state index is 0.291. The first-order valence-electron chi connectivity index (χ1n) is 6.26. The minimum atomic E-state index is -0.320. The van der Waals surface area contributed by atoms with Crippen LogP contribution in [0.3, 0.4) is 0 Å². The highest BCUT2D eigenvalue weighted by atomic mass is 15.0. The van der Waals surface area contributed by atoms with Gasteiger partial charge in [0.05, 0.1) is 6.07 Å². The predicted molar refractivity (Wildman–Crippen MR) is 69.3 cm³/mol. The third kappa shape index (κ3) is 2.87. The second-order valence-electron chi connectivity index (χ2n) is 5.87. The molecule has 1 aromatic rings. The van der Waals surface area contributed by atoms with Crippen LogP contribution in [-0.4, -0.2) is 5.54 Å². The van der Waals surface area contributed by atoms with Crippen LogP contribution in [0.2, 0.25) is 0 Å². The maximum absolute atomic E-state index is 9.41. The largest absolute Gasteiger partial charge is 0.295 e. The summed E-state index contributed by atoms with van der Waals surface area (Å²) in [5, 5.41) is 12.9. The standard InChI is InChI=1S/C15H20N2/c1-14(2)8-9-15(11-14,12-16)17-10-13-6-4-3-5-7-13/h3-7,17H,8-11H2,1-2H3. The number of nitrogens with one attached hydrogen (secondary N) is 1. The van der Waals surface area contributed by atoms with E-state index in [2.05, 4.69) is 37.4 Å². The van der Waals surface area contributed by atoms with E-state index < -0.39 is 0 Å². The molecule has 0 heterocycles. The summed E-state index contributed by atoms with van der Waals surface area (Å²) in [4.78, 5) is 0. The summed E-state index contributed by atoms with van der Waals surface area (Å²) in [6.07, 6.45) is 3.04. The zero-order valence-electron chi connectivity index (χ0n) is 10.7. The van der Waals surface area contributed by atoms with E-state index in [1.807, 2.05) is 18.2 Å². The summed E-state index contributed by atoms with van der Waals surface area (Å²) in [6, 6.07) is 12.8. The highest BCUT2D eigenvalue weighted by Crippen LogP contribution is 2.43. The van der Waals surface area contributed by atoms with Crippen LogP contribution in [0.15, 0.2) is 30.3 Å². The summed E-state index contributed by atoms with van der Waals surface area (Å²) in [5.74, 6) is 0. The summed E-state index contributed by atoms with van der Waals surface area (Å²) in [6.45, 7) is 5.27. The van der Waals surface area contributed by atoms with Crippen molar-refractivity contribution in [2.45, 2.75) is 45.2 Å². The van der Waals surface area contributed by atoms with E-state index in [9.17, 15) is 5.26 Å². The molecule has 1 aromatic carbocycles. The number of hydrogen-bond acceptors (Lipinski definition) is 2. The first kappa shape index (κ1) is 12.1. The van der Waals surface area contributed by atoms with Gasteiger partial charge in [-0.3, -0.25) is 5.32 Å². The average molecular weight is 228 g/mol. The zero-order valence-corrected chi connectivity index (χ0v) is 10.7. The van der Waals surface area contributed by atoms with Crippen LogP contribution < -0.4 is 5.32 Å². The number of nitriles is 1. The van der Waals surface area contributed by atoms with E-state index in [1.165, 1.54) is 5.56 Å². The number of nitrogens with zero attached hydrogens (tertiary/aromatic N) is 1. The van der Waals surface area contributed by atoms with Crippen LogP contribution in [0, 0.1) is 16.7 Å². The Morgan fingerprint density at radius 1 is 1.24 bits per heavy atom. The van der Waals surface area contributed by atoms with E-state index in [4.69, 9.17) is 0 Å². The summed E-state index contributed by atoms with van der Waals surface area (Å²) < 4.78 is 0. The lowest BCUT2D eigenvalue weighted by Gasteiger charge is -2.25. The monoisotopic (exact) mass is 228 g/mol. The molecule has 0 aromatic heterocycles. The van der Waals surface area contributed by atoms with Crippen molar-refractivity contribution in [3.63, 3.8) is 0 Å². The van der Waals surface area contributed by atoms with E-state index in [1.54, 1.807) is 0 Å². The van der Waals surface area contributed by atoms with Crippen molar-refractivity contribution in [2.24, 2.45) is 5.41 Å². The number of hydrogen-bond donors (Lipinski definition) is 1. The van der Waals surface area contributed by atoms with Gasteiger partial charge in [-0.25, -0.2) is 0 Å². The second-order valence-corrected chi connectivity index (χ2v) is 5.87. The molecule has 2 rings (SSSR count). The molecule has 2 heteroatoms. The molecule has 1 N–H and O–H groups in total. The van der Waals surface area contributed by atoms with Gasteiger partial charge in [0, 0.05) is 6.54 Å². The average Bonchev–Trinajstić information content (AvgIpc) is 2.65. The van der Waals surface area contributed by atoms with Crippen molar-refractivity contribution < 1.29 is 0 Å². The van der Waals surface area contributed by atoms with Crippen LogP contribution in [0.4, 0.5) is 0 Å². The van der Waals surface area contributed by atoms with Gasteiger partial charge >= 0.3 is 0 Å². The van der Waals surface area contributed by atoms with Crippen LogP contribution >= 0.6 is 0 Å². The fraction of sp³-hybridized carbons (Fsp3) is 0.533. The Kier molecular flexibility index (Phi) is 3.22. The summed E-state index contributed by atoms with van der Waals surface area (Å²) in [5.41, 5.74) is 1.21. The van der Waals surface area contributed by atoms with Gasteiger partial charge in [-0.2, -0.15) is 5.26 Å². The van der Waals surface area contributed by atoms with Crippen LogP contribution in [-0.2, 0) is 6.54 Å². The topological polar surface area (TPSA) is 35.8 Å². The Bertz CT molecular complexity index is 416. The zero-order chi connectivity index (χ0) is 12.4. The summed E-state index contributed by atoms with van der Waals surface area (Å²) >= 11 is 0. The van der Waals surface area contributed by atoms with Crippen LogP contribution in [0.1, 0.15) is 38.7 Å². The van der Waals surface area contributed by atoms with Gasteiger partial charge in [0.1, 0.15) is 5.54 Å². The van der Waals surface area contributed by atoms with Crippen molar-refractivity contribution in [1.29, 1.82) is 5.26 Å². The van der Waals surface area contributed by atoms with Gasteiger partial charge < -0.3 is 0 Å². The Balaban J connectivity index is 2.01. The third-order valence-electron chi connectivity index (χ3n) is 3.70. The Morgan fingerprint density at radius 2 is 1.94 bits per heavy atom.